The van der Waals surface area contributed by atoms with Gasteiger partial charge < -0.3 is 39.0 Å². The highest BCUT2D eigenvalue weighted by Gasteiger charge is 2.50. The lowest BCUT2D eigenvalue weighted by molar-refractivity contribution is -0.301. The normalized spacial score (nSPS) is 19.1. The van der Waals surface area contributed by atoms with E-state index < -0.39 is 67.3 Å². The zero-order valence-electron chi connectivity index (χ0n) is 44.2. The second-order valence-electron chi connectivity index (χ2n) is 18.5. The minimum atomic E-state index is -1.92. The molecule has 404 valence electrons. The Morgan fingerprint density at radius 2 is 0.930 bits per heavy atom. The molecule has 3 N–H and O–H groups in total. The van der Waals surface area contributed by atoms with Crippen molar-refractivity contribution < 1.29 is 58.2 Å². The molecule has 6 unspecified atom stereocenters. The molecule has 0 aliphatic carbocycles. The molecule has 1 rings (SSSR count). The van der Waals surface area contributed by atoms with Gasteiger partial charge in [0.1, 0.15) is 18.8 Å². The van der Waals surface area contributed by atoms with Crippen LogP contribution in [0.1, 0.15) is 213 Å². The van der Waals surface area contributed by atoms with Crippen LogP contribution in [0, 0.1) is 0 Å². The lowest BCUT2D eigenvalue weighted by atomic mass is 9.98. The van der Waals surface area contributed by atoms with E-state index in [-0.39, 0.29) is 25.9 Å². The van der Waals surface area contributed by atoms with Crippen LogP contribution >= 0.6 is 0 Å². The SMILES string of the molecule is CC/C=C\C/C=C\C/C=C\C/C=C\C/C=C\CCCC(=O)OCC(COC1OC(C(=O)O)C(O)C(O)C1OC(=O)CCCCCCC/C=C\C/C=C\CCC)OC(=O)CCCCCCCCCCCCC. The molecule has 1 saturated heterocycles. The number of allylic oxidation sites excluding steroid dienone is 14. The van der Waals surface area contributed by atoms with Gasteiger partial charge in [0.05, 0.1) is 6.61 Å². The Kier molecular flexibility index (Phi) is 42.9. The number of carboxylic acid groups (broad SMARTS) is 1. The van der Waals surface area contributed by atoms with Crippen molar-refractivity contribution in [1.29, 1.82) is 0 Å². The standard InChI is InChI=1S/C59H96O12/c1-4-7-10-13-16-19-22-24-25-26-27-29-31-33-36-39-42-45-51(60)67-48-50(69-52(61)46-43-40-37-34-30-21-18-15-12-9-6-3)49-68-59-57(55(64)54(63)56(71-59)58(65)66)70-53(62)47-44-41-38-35-32-28-23-20-17-14-11-8-5-2/h7,10-11,14,16,19-20,23-25,27,29,33,36,50,54-57,59,63-64H,4-6,8-9,12-13,15,17-18,21-22,26,28,30-32,34-35,37-49H2,1-3H3,(H,65,66)/b10-7-,14-11-,19-16-,23-20-,25-24-,29-27-,36-33-. The third-order valence-corrected chi connectivity index (χ3v) is 11.9. The summed E-state index contributed by atoms with van der Waals surface area (Å²) in [6.07, 6.45) is 47.1. The average Bonchev–Trinajstić information content (AvgIpc) is 3.35. The third kappa shape index (κ3) is 37.3. The molecule has 0 saturated carbocycles. The molecular weight excluding hydrogens is 901 g/mol. The number of aliphatic hydroxyl groups excluding tert-OH is 2. The molecule has 1 aliphatic heterocycles. The predicted molar refractivity (Wildman–Crippen MR) is 284 cm³/mol. The first-order valence-corrected chi connectivity index (χ1v) is 27.6. The Morgan fingerprint density at radius 1 is 0.479 bits per heavy atom. The highest BCUT2D eigenvalue weighted by molar-refractivity contribution is 5.74. The molecule has 12 nitrogen and oxygen atoms in total. The number of carbonyl (C=O) groups is 4. The maximum absolute atomic E-state index is 13.1. The Morgan fingerprint density at radius 3 is 1.45 bits per heavy atom. The number of rotatable bonds is 45. The van der Waals surface area contributed by atoms with Crippen LogP contribution in [0.5, 0.6) is 0 Å². The zero-order chi connectivity index (χ0) is 51.8. The smallest absolute Gasteiger partial charge is 0.335 e. The number of unbranched alkanes of at least 4 members (excludes halogenated alkanes) is 17. The van der Waals surface area contributed by atoms with E-state index in [0.717, 1.165) is 103 Å². The highest BCUT2D eigenvalue weighted by atomic mass is 16.7. The molecule has 71 heavy (non-hydrogen) atoms. The quantitative estimate of drug-likeness (QED) is 0.0228. The molecule has 0 aromatic heterocycles. The molecular formula is C59H96O12. The molecule has 0 spiro atoms. The van der Waals surface area contributed by atoms with Gasteiger partial charge in [0.25, 0.3) is 0 Å². The summed E-state index contributed by atoms with van der Waals surface area (Å²) >= 11 is 0. The van der Waals surface area contributed by atoms with E-state index in [1.54, 1.807) is 0 Å². The fourth-order valence-corrected chi connectivity index (χ4v) is 7.73. The summed E-state index contributed by atoms with van der Waals surface area (Å²) in [7, 11) is 0. The van der Waals surface area contributed by atoms with E-state index >= 15 is 0 Å². The molecule has 1 fully saturated rings. The molecule has 1 heterocycles. The summed E-state index contributed by atoms with van der Waals surface area (Å²) in [5.74, 6) is -3.22. The van der Waals surface area contributed by atoms with Crippen molar-refractivity contribution >= 4 is 23.9 Å². The number of esters is 3. The fraction of sp³-hybridized carbons (Fsp3) is 0.695. The van der Waals surface area contributed by atoms with Gasteiger partial charge in [-0.2, -0.15) is 0 Å². The van der Waals surface area contributed by atoms with Crippen LogP contribution in [0.4, 0.5) is 0 Å². The topological polar surface area (TPSA) is 175 Å². The maximum atomic E-state index is 13.1. The second kappa shape index (κ2) is 46.9. The van der Waals surface area contributed by atoms with Gasteiger partial charge in [0.2, 0.25) is 0 Å². The number of carboxylic acids is 1. The van der Waals surface area contributed by atoms with E-state index in [4.69, 9.17) is 23.7 Å². The maximum Gasteiger partial charge on any atom is 0.335 e. The van der Waals surface area contributed by atoms with Crippen LogP contribution in [-0.4, -0.2) is 89.2 Å². The van der Waals surface area contributed by atoms with Crippen molar-refractivity contribution in [3.63, 3.8) is 0 Å². The van der Waals surface area contributed by atoms with Crippen LogP contribution < -0.4 is 0 Å². The summed E-state index contributed by atoms with van der Waals surface area (Å²) in [6.45, 7) is 5.72. The Labute approximate surface area is 429 Å². The number of hydrogen-bond donors (Lipinski definition) is 3. The van der Waals surface area contributed by atoms with Crippen LogP contribution in [0.15, 0.2) is 85.1 Å². The second-order valence-corrected chi connectivity index (χ2v) is 18.5. The van der Waals surface area contributed by atoms with Gasteiger partial charge in [-0.1, -0.05) is 196 Å². The van der Waals surface area contributed by atoms with Gasteiger partial charge in [0.15, 0.2) is 24.6 Å². The molecule has 0 aromatic carbocycles. The average molecular weight is 997 g/mol. The van der Waals surface area contributed by atoms with E-state index in [2.05, 4.69) is 99.8 Å². The van der Waals surface area contributed by atoms with Crippen molar-refractivity contribution in [3.05, 3.63) is 85.1 Å². The molecule has 6 atom stereocenters. The summed E-state index contributed by atoms with van der Waals surface area (Å²) in [5.41, 5.74) is 0. The number of aliphatic hydroxyl groups is 2. The summed E-state index contributed by atoms with van der Waals surface area (Å²) in [6, 6.07) is 0. The highest BCUT2D eigenvalue weighted by Crippen LogP contribution is 2.26. The number of carbonyl (C=O) groups excluding carboxylic acids is 3. The Hall–Kier alpha value is -4.10. The monoisotopic (exact) mass is 997 g/mol. The lowest BCUT2D eigenvalue weighted by Gasteiger charge is -2.40. The Balaban J connectivity index is 2.75. The van der Waals surface area contributed by atoms with Gasteiger partial charge in [-0.25, -0.2) is 4.79 Å². The third-order valence-electron chi connectivity index (χ3n) is 11.9. The zero-order valence-corrected chi connectivity index (χ0v) is 44.2. The molecule has 0 amide bonds. The van der Waals surface area contributed by atoms with E-state index in [9.17, 15) is 34.5 Å². The van der Waals surface area contributed by atoms with Gasteiger partial charge in [-0.05, 0) is 83.5 Å². The predicted octanol–water partition coefficient (Wildman–Crippen LogP) is 13.6. The first-order chi connectivity index (χ1) is 34.6. The first-order valence-electron chi connectivity index (χ1n) is 27.6. The Bertz CT molecular complexity index is 1560. The van der Waals surface area contributed by atoms with Crippen LogP contribution in [0.2, 0.25) is 0 Å². The molecule has 0 radical (unpaired) electrons. The van der Waals surface area contributed by atoms with Crippen molar-refractivity contribution in [1.82, 2.24) is 0 Å². The molecule has 1 aliphatic rings. The largest absolute Gasteiger partial charge is 0.479 e. The number of ether oxygens (including phenoxy) is 5. The summed E-state index contributed by atoms with van der Waals surface area (Å²) < 4.78 is 28.3. The van der Waals surface area contributed by atoms with Crippen molar-refractivity contribution in [2.45, 2.75) is 250 Å². The fourth-order valence-electron chi connectivity index (χ4n) is 7.73. The van der Waals surface area contributed by atoms with E-state index in [1.165, 1.54) is 44.9 Å². The van der Waals surface area contributed by atoms with Gasteiger partial charge in [-0.15, -0.1) is 0 Å². The lowest BCUT2D eigenvalue weighted by Crippen LogP contribution is -2.61. The van der Waals surface area contributed by atoms with Gasteiger partial charge in [-0.3, -0.25) is 14.4 Å². The molecule has 0 bridgehead atoms. The number of aliphatic carboxylic acids is 1. The van der Waals surface area contributed by atoms with Gasteiger partial charge in [0, 0.05) is 19.3 Å². The number of hydrogen-bond acceptors (Lipinski definition) is 11. The summed E-state index contributed by atoms with van der Waals surface area (Å²) in [4.78, 5) is 50.9. The van der Waals surface area contributed by atoms with Crippen LogP contribution in [0.25, 0.3) is 0 Å². The van der Waals surface area contributed by atoms with Crippen molar-refractivity contribution in [2.75, 3.05) is 13.2 Å². The minimum absolute atomic E-state index is 0.0364. The van der Waals surface area contributed by atoms with Crippen molar-refractivity contribution in [2.24, 2.45) is 0 Å². The molecule has 12 heteroatoms. The van der Waals surface area contributed by atoms with Crippen molar-refractivity contribution in [3.8, 4) is 0 Å². The van der Waals surface area contributed by atoms with E-state index in [0.29, 0.717) is 25.7 Å². The van der Waals surface area contributed by atoms with Crippen LogP contribution in [-0.2, 0) is 42.9 Å². The van der Waals surface area contributed by atoms with E-state index in [1.807, 2.05) is 6.08 Å². The first kappa shape index (κ1) is 64.9. The molecule has 0 aromatic rings. The van der Waals surface area contributed by atoms with Gasteiger partial charge >= 0.3 is 23.9 Å². The minimum Gasteiger partial charge on any atom is -0.479 e. The summed E-state index contributed by atoms with van der Waals surface area (Å²) in [5, 5.41) is 31.4. The van der Waals surface area contributed by atoms with Crippen LogP contribution in [0.3, 0.4) is 0 Å².